The highest BCUT2D eigenvalue weighted by molar-refractivity contribution is 5.26. The van der Waals surface area contributed by atoms with Crippen LogP contribution in [0.5, 0.6) is 0 Å². The van der Waals surface area contributed by atoms with E-state index in [-0.39, 0.29) is 0 Å². The Morgan fingerprint density at radius 1 is 1.42 bits per heavy atom. The topological polar surface area (TPSA) is 41.0 Å². The average molecular weight is 166 g/mol. The molecule has 1 N–H and O–H groups in total. The van der Waals surface area contributed by atoms with Crippen molar-refractivity contribution in [3.63, 3.8) is 0 Å². The summed E-state index contributed by atoms with van der Waals surface area (Å²) in [5, 5.41) is 3.07. The maximum Gasteiger partial charge on any atom is 0.225 e. The number of hydrogen-bond acceptors (Lipinski definition) is 4. The van der Waals surface area contributed by atoms with Crippen molar-refractivity contribution >= 4 is 5.95 Å². The maximum absolute atomic E-state index is 4.12. The van der Waals surface area contributed by atoms with Gasteiger partial charge in [-0.15, -0.1) is 0 Å². The van der Waals surface area contributed by atoms with Crippen LogP contribution in [0.15, 0.2) is 18.5 Å². The summed E-state index contributed by atoms with van der Waals surface area (Å²) in [6.07, 6.45) is 3.50. The lowest BCUT2D eigenvalue weighted by Crippen LogP contribution is -2.28. The summed E-state index contributed by atoms with van der Waals surface area (Å²) in [7, 11) is 3.91. The van der Waals surface area contributed by atoms with Gasteiger partial charge >= 0.3 is 0 Å². The van der Waals surface area contributed by atoms with Crippen molar-refractivity contribution < 1.29 is 0 Å². The van der Waals surface area contributed by atoms with Crippen LogP contribution in [0.3, 0.4) is 0 Å². The fourth-order valence-corrected chi connectivity index (χ4v) is 0.868. The first-order chi connectivity index (χ1) is 5.84. The first kappa shape index (κ1) is 8.93. The van der Waals surface area contributed by atoms with Gasteiger partial charge in [-0.05, 0) is 13.1 Å². The maximum atomic E-state index is 4.12. The molecule has 1 aromatic heterocycles. The van der Waals surface area contributed by atoms with E-state index in [4.69, 9.17) is 0 Å². The van der Waals surface area contributed by atoms with E-state index < -0.39 is 0 Å². The minimum atomic E-state index is 0.771. The van der Waals surface area contributed by atoms with Gasteiger partial charge in [0.05, 0.1) is 0 Å². The van der Waals surface area contributed by atoms with Gasteiger partial charge in [0.25, 0.3) is 0 Å². The van der Waals surface area contributed by atoms with Gasteiger partial charge in [0, 0.05) is 32.5 Å². The van der Waals surface area contributed by atoms with Crippen molar-refractivity contribution in [2.45, 2.75) is 0 Å². The lowest BCUT2D eigenvalue weighted by atomic mass is 10.5. The lowest BCUT2D eigenvalue weighted by molar-refractivity contribution is 0.753. The van der Waals surface area contributed by atoms with Crippen LogP contribution in [0, 0.1) is 0 Å². The molecule has 66 valence electrons. The van der Waals surface area contributed by atoms with E-state index in [1.807, 2.05) is 25.1 Å². The Balaban J connectivity index is 2.48. The molecule has 0 aliphatic rings. The van der Waals surface area contributed by atoms with Crippen molar-refractivity contribution in [3.05, 3.63) is 18.5 Å². The largest absolute Gasteiger partial charge is 0.343 e. The minimum Gasteiger partial charge on any atom is -0.343 e. The highest BCUT2D eigenvalue weighted by Crippen LogP contribution is 1.99. The van der Waals surface area contributed by atoms with Crippen molar-refractivity contribution in [2.24, 2.45) is 0 Å². The van der Waals surface area contributed by atoms with Crippen molar-refractivity contribution in [1.82, 2.24) is 15.3 Å². The lowest BCUT2D eigenvalue weighted by Gasteiger charge is -2.15. The van der Waals surface area contributed by atoms with Crippen molar-refractivity contribution in [3.8, 4) is 0 Å². The Bertz CT molecular complexity index is 212. The highest BCUT2D eigenvalue weighted by atomic mass is 15.2. The first-order valence-electron chi connectivity index (χ1n) is 3.97. The Labute approximate surface area is 72.6 Å². The molecule has 0 saturated heterocycles. The molecule has 0 aromatic carbocycles. The fraction of sp³-hybridized carbons (Fsp3) is 0.500. The molecular formula is C8H14N4. The summed E-state index contributed by atoms with van der Waals surface area (Å²) in [4.78, 5) is 10.2. The van der Waals surface area contributed by atoms with Gasteiger partial charge in [-0.3, -0.25) is 0 Å². The number of likely N-dealkylation sites (N-methyl/N-ethyl adjacent to an activating group) is 2. The third-order valence-corrected chi connectivity index (χ3v) is 1.59. The van der Waals surface area contributed by atoms with E-state index in [0.29, 0.717) is 0 Å². The van der Waals surface area contributed by atoms with Gasteiger partial charge in [0.15, 0.2) is 0 Å². The third kappa shape index (κ3) is 2.47. The predicted octanol–water partition coefficient (Wildman–Crippen LogP) is 0.132. The molecule has 1 heterocycles. The van der Waals surface area contributed by atoms with E-state index in [0.717, 1.165) is 19.0 Å². The zero-order valence-corrected chi connectivity index (χ0v) is 7.49. The van der Waals surface area contributed by atoms with E-state index >= 15 is 0 Å². The molecule has 0 aliphatic carbocycles. The van der Waals surface area contributed by atoms with Gasteiger partial charge < -0.3 is 10.2 Å². The van der Waals surface area contributed by atoms with E-state index in [1.54, 1.807) is 12.4 Å². The summed E-state index contributed by atoms with van der Waals surface area (Å²) in [5.41, 5.74) is 0. The van der Waals surface area contributed by atoms with Crippen molar-refractivity contribution in [1.29, 1.82) is 0 Å². The molecule has 0 fully saturated rings. The molecule has 0 amide bonds. The smallest absolute Gasteiger partial charge is 0.225 e. The number of hydrogen-bond donors (Lipinski definition) is 1. The van der Waals surface area contributed by atoms with E-state index in [1.165, 1.54) is 0 Å². The number of aromatic nitrogens is 2. The second-order valence-corrected chi connectivity index (χ2v) is 2.57. The number of anilines is 1. The molecule has 1 aromatic rings. The van der Waals surface area contributed by atoms with Crippen molar-refractivity contribution in [2.75, 3.05) is 32.1 Å². The first-order valence-corrected chi connectivity index (χ1v) is 3.97. The molecule has 0 radical (unpaired) electrons. The molecule has 0 spiro atoms. The van der Waals surface area contributed by atoms with E-state index in [9.17, 15) is 0 Å². The SMILES string of the molecule is CNCCN(C)c1ncccn1. The Morgan fingerprint density at radius 3 is 2.67 bits per heavy atom. The average Bonchev–Trinajstić information content (AvgIpc) is 2.15. The van der Waals surface area contributed by atoms with Crippen LogP contribution in [-0.4, -0.2) is 37.2 Å². The monoisotopic (exact) mass is 166 g/mol. The van der Waals surface area contributed by atoms with Gasteiger partial charge in [-0.2, -0.15) is 0 Å². The summed E-state index contributed by atoms with van der Waals surface area (Å²) in [6.45, 7) is 1.86. The zero-order valence-electron chi connectivity index (χ0n) is 7.49. The molecule has 4 heteroatoms. The van der Waals surface area contributed by atoms with Crippen LogP contribution >= 0.6 is 0 Å². The molecule has 0 saturated carbocycles. The number of nitrogens with zero attached hydrogens (tertiary/aromatic N) is 3. The van der Waals surface area contributed by atoms with Gasteiger partial charge in [0.1, 0.15) is 0 Å². The molecule has 0 bridgehead atoms. The molecule has 0 aliphatic heterocycles. The molecular weight excluding hydrogens is 152 g/mol. The molecule has 0 unspecified atom stereocenters. The summed E-state index contributed by atoms with van der Waals surface area (Å²) in [6, 6.07) is 1.81. The summed E-state index contributed by atoms with van der Waals surface area (Å²) < 4.78 is 0. The van der Waals surface area contributed by atoms with Gasteiger partial charge in [-0.1, -0.05) is 0 Å². The Morgan fingerprint density at radius 2 is 2.08 bits per heavy atom. The fourth-order valence-electron chi connectivity index (χ4n) is 0.868. The standard InChI is InChI=1S/C8H14N4/c1-9-6-7-12(2)8-10-4-3-5-11-8/h3-5,9H,6-7H2,1-2H3. The van der Waals surface area contributed by atoms with Crippen LogP contribution in [0.4, 0.5) is 5.95 Å². The van der Waals surface area contributed by atoms with Gasteiger partial charge in [-0.25, -0.2) is 9.97 Å². The molecule has 12 heavy (non-hydrogen) atoms. The molecule has 1 rings (SSSR count). The second-order valence-electron chi connectivity index (χ2n) is 2.57. The van der Waals surface area contributed by atoms with Gasteiger partial charge in [0.2, 0.25) is 5.95 Å². The minimum absolute atomic E-state index is 0.771. The third-order valence-electron chi connectivity index (χ3n) is 1.59. The van der Waals surface area contributed by atoms with E-state index in [2.05, 4.69) is 15.3 Å². The quantitative estimate of drug-likeness (QED) is 0.690. The van der Waals surface area contributed by atoms with Crippen LogP contribution in [0.1, 0.15) is 0 Å². The summed E-state index contributed by atoms with van der Waals surface area (Å²) >= 11 is 0. The second kappa shape index (κ2) is 4.66. The molecule has 0 atom stereocenters. The van der Waals surface area contributed by atoms with Crippen LogP contribution < -0.4 is 10.2 Å². The Hall–Kier alpha value is -1.16. The molecule has 4 nitrogen and oxygen atoms in total. The van der Waals surface area contributed by atoms with Crippen LogP contribution in [-0.2, 0) is 0 Å². The summed E-state index contributed by atoms with van der Waals surface area (Å²) in [5.74, 6) is 0.771. The van der Waals surface area contributed by atoms with Crippen LogP contribution in [0.25, 0.3) is 0 Å². The number of nitrogens with one attached hydrogen (secondary N) is 1. The predicted molar refractivity (Wildman–Crippen MR) is 49.2 cm³/mol. The number of rotatable bonds is 4. The zero-order chi connectivity index (χ0) is 8.81. The Kier molecular flexibility index (Phi) is 3.47. The normalized spacial score (nSPS) is 9.83. The van der Waals surface area contributed by atoms with Crippen LogP contribution in [0.2, 0.25) is 0 Å². The highest BCUT2D eigenvalue weighted by Gasteiger charge is 1.99.